The molecule has 13 aromatic rings. The Balaban J connectivity index is 1.14. The van der Waals surface area contributed by atoms with Crippen LogP contribution in [0, 0.1) is 41.5 Å². The number of nitrogens with zero attached hydrogens (tertiary/aromatic N) is 9. The van der Waals surface area contributed by atoms with Crippen molar-refractivity contribution in [3.63, 3.8) is 0 Å². The van der Waals surface area contributed by atoms with E-state index < -0.39 is 0 Å². The van der Waals surface area contributed by atoms with Gasteiger partial charge in [-0.3, -0.25) is 13.7 Å². The molecule has 0 fully saturated rings. The van der Waals surface area contributed by atoms with Gasteiger partial charge in [-0.05, 0) is 165 Å². The van der Waals surface area contributed by atoms with Crippen LogP contribution in [0.4, 0.5) is 0 Å². The first kappa shape index (κ1) is 51.6. The van der Waals surface area contributed by atoms with Gasteiger partial charge in [-0.2, -0.15) is 15.0 Å². The summed E-state index contributed by atoms with van der Waals surface area (Å²) in [5.74, 6) is 2.77. The number of rotatable bonds is 12. The highest BCUT2D eigenvalue weighted by molar-refractivity contribution is 6.12. The minimum Gasteiger partial charge on any atom is -0.276 e. The lowest BCUT2D eigenvalue weighted by atomic mass is 9.95. The van der Waals surface area contributed by atoms with E-state index in [0.29, 0.717) is 35.6 Å². The van der Waals surface area contributed by atoms with Gasteiger partial charge in [0.25, 0.3) is 0 Å². The molecule has 0 saturated heterocycles. The zero-order valence-electron chi connectivity index (χ0n) is 48.7. The second kappa shape index (κ2) is 20.1. The van der Waals surface area contributed by atoms with Gasteiger partial charge in [0.1, 0.15) is 0 Å². The molecule has 3 unspecified atom stereocenters. The zero-order valence-corrected chi connectivity index (χ0v) is 48.7. The molecule has 0 spiro atoms. The molecule has 0 aliphatic carbocycles. The Morgan fingerprint density at radius 2 is 0.580 bits per heavy atom. The lowest BCUT2D eigenvalue weighted by Gasteiger charge is -2.17. The summed E-state index contributed by atoms with van der Waals surface area (Å²) < 4.78 is 6.75. The van der Waals surface area contributed by atoms with E-state index in [9.17, 15) is 0 Å². The average molecular weight is 1060 g/mol. The van der Waals surface area contributed by atoms with Gasteiger partial charge in [0, 0.05) is 32.8 Å². The summed E-state index contributed by atoms with van der Waals surface area (Å²) in [6.45, 7) is 26.7. The van der Waals surface area contributed by atoms with Gasteiger partial charge >= 0.3 is 0 Å². The third-order valence-corrected chi connectivity index (χ3v) is 17.7. The fourth-order valence-electron chi connectivity index (χ4n) is 12.6. The summed E-state index contributed by atoms with van der Waals surface area (Å²) in [5.41, 5.74) is 25.1. The number of pyridine rings is 3. The minimum atomic E-state index is 0.435. The van der Waals surface area contributed by atoms with Crippen LogP contribution in [0.2, 0.25) is 0 Å². The summed E-state index contributed by atoms with van der Waals surface area (Å²) in [7, 11) is 0. The van der Waals surface area contributed by atoms with Crippen LogP contribution in [-0.2, 0) is 0 Å². The van der Waals surface area contributed by atoms with Gasteiger partial charge < -0.3 is 0 Å². The van der Waals surface area contributed by atoms with Gasteiger partial charge in [0.2, 0.25) is 17.8 Å². The van der Waals surface area contributed by atoms with Gasteiger partial charge in [-0.1, -0.05) is 151 Å². The fourth-order valence-corrected chi connectivity index (χ4v) is 12.6. The molecule has 402 valence electrons. The lowest BCUT2D eigenvalue weighted by Crippen LogP contribution is -2.14. The highest BCUT2D eigenvalue weighted by Gasteiger charge is 2.28. The summed E-state index contributed by atoms with van der Waals surface area (Å²) in [5, 5.41) is 3.10. The van der Waals surface area contributed by atoms with E-state index in [1.165, 1.54) is 16.7 Å². The van der Waals surface area contributed by atoms with Crippen LogP contribution >= 0.6 is 0 Å². The van der Waals surface area contributed by atoms with Gasteiger partial charge in [0.05, 0.1) is 66.7 Å². The third-order valence-electron chi connectivity index (χ3n) is 17.7. The van der Waals surface area contributed by atoms with Crippen molar-refractivity contribution in [2.45, 2.75) is 120 Å². The normalized spacial score (nSPS) is 13.2. The van der Waals surface area contributed by atoms with Crippen LogP contribution in [0.15, 0.2) is 146 Å². The molecular formula is C72H69N9. The van der Waals surface area contributed by atoms with E-state index >= 15 is 0 Å². The second-order valence-electron chi connectivity index (χ2n) is 23.0. The first-order valence-corrected chi connectivity index (χ1v) is 29.1. The van der Waals surface area contributed by atoms with Crippen molar-refractivity contribution < 1.29 is 0 Å². The van der Waals surface area contributed by atoms with Crippen LogP contribution in [-0.4, -0.2) is 43.6 Å². The Morgan fingerprint density at radius 3 is 0.852 bits per heavy atom. The molecule has 7 aromatic heterocycles. The van der Waals surface area contributed by atoms with Crippen molar-refractivity contribution >= 4 is 65.8 Å². The van der Waals surface area contributed by atoms with Gasteiger partial charge in [-0.25, -0.2) is 15.0 Å². The fraction of sp³-hybridized carbons (Fsp3) is 0.250. The van der Waals surface area contributed by atoms with E-state index in [1.807, 2.05) is 0 Å². The summed E-state index contributed by atoms with van der Waals surface area (Å²) >= 11 is 0. The monoisotopic (exact) mass is 1060 g/mol. The molecule has 7 heterocycles. The molecule has 81 heavy (non-hydrogen) atoms. The topological polar surface area (TPSA) is 92.1 Å². The van der Waals surface area contributed by atoms with Crippen molar-refractivity contribution in [3.05, 3.63) is 196 Å². The van der Waals surface area contributed by atoms with E-state index in [-0.39, 0.29) is 0 Å². The number of hydrogen-bond donors (Lipinski definition) is 0. The average Bonchev–Trinajstić information content (AvgIpc) is 3.00. The maximum atomic E-state index is 5.74. The number of hydrogen-bond acceptors (Lipinski definition) is 6. The largest absolute Gasteiger partial charge is 0.276 e. The molecule has 9 heteroatoms. The first-order valence-electron chi connectivity index (χ1n) is 29.1. The van der Waals surface area contributed by atoms with Gasteiger partial charge in [-0.15, -0.1) is 0 Å². The standard InChI is InChI=1S/C72H69N9/c1-13-40(4)49-25-19-28-52(37-49)58-34-46(10)67-61(73-58)55-31-16-22-43(7)64(55)79(67)70-76-71(80-65-44(8)23-17-32-56(65)62-68(80)47(11)35-59(74-62)53-29-20-26-50(38-53)41(5)14-2)78-72(77-70)81-66-45(9)24-18-33-57(66)63-69(81)48(12)36-60(75-63)54-30-21-27-51(39-54)42(6)15-3/h16-42H,13-15H2,1-12H3. The van der Waals surface area contributed by atoms with E-state index in [4.69, 9.17) is 29.9 Å². The number of aromatic nitrogens is 9. The molecule has 0 aliphatic rings. The number of fused-ring (bicyclic) bond motifs is 9. The lowest BCUT2D eigenvalue weighted by molar-refractivity contribution is 0.734. The molecule has 0 bridgehead atoms. The van der Waals surface area contributed by atoms with Crippen LogP contribution in [0.25, 0.3) is 117 Å². The molecule has 0 saturated carbocycles. The molecule has 0 aliphatic heterocycles. The van der Waals surface area contributed by atoms with Gasteiger partial charge in [0.15, 0.2) is 0 Å². The smallest absolute Gasteiger partial charge is 0.241 e. The summed E-state index contributed by atoms with van der Waals surface area (Å²) in [4.78, 5) is 34.0. The quantitative estimate of drug-likeness (QED) is 0.121. The summed E-state index contributed by atoms with van der Waals surface area (Å²) in [6, 6.07) is 52.9. The van der Waals surface area contributed by atoms with Crippen LogP contribution in [0.1, 0.15) is 129 Å². The SMILES string of the molecule is CCC(C)c1cccc(-c2cc(C)c3c(n2)c2cccc(C)c2n3-c2nc(-n3c4c(C)cccc4c4nc(-c5cccc(C(C)CC)c5)cc(C)c43)nc(-n3c4c(C)cccc4c4nc(-c5cccc(C(C)CC)c5)cc(C)c43)n2)c1. The van der Waals surface area contributed by atoms with Crippen LogP contribution < -0.4 is 0 Å². The van der Waals surface area contributed by atoms with Crippen LogP contribution in [0.5, 0.6) is 0 Å². The van der Waals surface area contributed by atoms with Crippen molar-refractivity contribution in [2.75, 3.05) is 0 Å². The molecule has 0 N–H and O–H groups in total. The highest BCUT2D eigenvalue weighted by Crippen LogP contribution is 2.42. The third kappa shape index (κ3) is 8.42. The Labute approximate surface area is 474 Å². The Bertz CT molecular complexity index is 4200. The van der Waals surface area contributed by atoms with E-state index in [1.54, 1.807) is 0 Å². The highest BCUT2D eigenvalue weighted by atomic mass is 15.3. The first-order chi connectivity index (χ1) is 39.2. The van der Waals surface area contributed by atoms with E-state index in [2.05, 4.69) is 242 Å². The van der Waals surface area contributed by atoms with Crippen molar-refractivity contribution in [3.8, 4) is 51.6 Å². The molecule has 6 aromatic carbocycles. The Morgan fingerprint density at radius 1 is 0.309 bits per heavy atom. The molecule has 13 rings (SSSR count). The van der Waals surface area contributed by atoms with Crippen LogP contribution in [0.3, 0.4) is 0 Å². The van der Waals surface area contributed by atoms with Crippen molar-refractivity contribution in [2.24, 2.45) is 0 Å². The number of aryl methyl sites for hydroxylation is 6. The second-order valence-corrected chi connectivity index (χ2v) is 23.0. The van der Waals surface area contributed by atoms with Crippen molar-refractivity contribution in [1.29, 1.82) is 0 Å². The number of para-hydroxylation sites is 3. The Kier molecular flexibility index (Phi) is 12.8. The predicted molar refractivity (Wildman–Crippen MR) is 337 cm³/mol. The molecule has 0 amide bonds. The molecular weight excluding hydrogens is 991 g/mol. The Hall–Kier alpha value is -8.82. The molecule has 0 radical (unpaired) electrons. The summed E-state index contributed by atoms with van der Waals surface area (Å²) in [6.07, 6.45) is 3.19. The molecule has 9 nitrogen and oxygen atoms in total. The maximum absolute atomic E-state index is 5.74. The van der Waals surface area contributed by atoms with Crippen molar-refractivity contribution in [1.82, 2.24) is 43.6 Å². The number of benzene rings is 6. The van der Waals surface area contributed by atoms with E-state index in [0.717, 1.165) is 152 Å². The zero-order chi connectivity index (χ0) is 56.1. The maximum Gasteiger partial charge on any atom is 0.241 e. The predicted octanol–water partition coefficient (Wildman–Crippen LogP) is 18.7. The molecule has 3 atom stereocenters. The minimum absolute atomic E-state index is 0.435.